The number of hydrogen-bond acceptors (Lipinski definition) is 7. The van der Waals surface area contributed by atoms with Gasteiger partial charge in [-0.1, -0.05) is 37.6 Å². The van der Waals surface area contributed by atoms with Crippen molar-refractivity contribution in [3.8, 4) is 0 Å². The van der Waals surface area contributed by atoms with Crippen molar-refractivity contribution < 1.29 is 27.7 Å². The maximum Gasteiger partial charge on any atom is 0.309 e. The largest absolute Gasteiger partial charge is 0.452 e. The van der Waals surface area contributed by atoms with Crippen LogP contribution in [0.2, 0.25) is 5.02 Å². The van der Waals surface area contributed by atoms with Crippen LogP contribution in [0, 0.1) is 16.0 Å². The van der Waals surface area contributed by atoms with Crippen LogP contribution in [0.15, 0.2) is 47.4 Å². The van der Waals surface area contributed by atoms with Gasteiger partial charge in [0.25, 0.3) is 11.6 Å². The van der Waals surface area contributed by atoms with E-state index in [0.717, 1.165) is 11.6 Å². The molecule has 2 aromatic rings. The lowest BCUT2D eigenvalue weighted by molar-refractivity contribution is -0.384. The third kappa shape index (κ3) is 6.40. The van der Waals surface area contributed by atoms with E-state index in [1.165, 1.54) is 23.4 Å². The van der Waals surface area contributed by atoms with E-state index in [2.05, 4.69) is 5.32 Å². The molecule has 0 bridgehead atoms. The zero-order chi connectivity index (χ0) is 26.6. The number of rotatable bonds is 8. The summed E-state index contributed by atoms with van der Waals surface area (Å²) in [6.07, 6.45) is -0.611. The van der Waals surface area contributed by atoms with Crippen LogP contribution in [0.5, 0.6) is 0 Å². The van der Waals surface area contributed by atoms with Gasteiger partial charge in [-0.3, -0.25) is 19.7 Å². The molecule has 1 unspecified atom stereocenters. The minimum Gasteiger partial charge on any atom is -0.452 e. The second kappa shape index (κ2) is 11.4. The number of benzene rings is 2. The monoisotopic (exact) mass is 537 g/mol. The van der Waals surface area contributed by atoms with E-state index < -0.39 is 38.8 Å². The number of carbonyl (C=O) groups excluding carboxylic acids is 2. The van der Waals surface area contributed by atoms with E-state index in [-0.39, 0.29) is 47.2 Å². The smallest absolute Gasteiger partial charge is 0.309 e. The van der Waals surface area contributed by atoms with E-state index in [0.29, 0.717) is 5.92 Å². The van der Waals surface area contributed by atoms with Crippen molar-refractivity contribution in [3.63, 3.8) is 0 Å². The van der Waals surface area contributed by atoms with Gasteiger partial charge in [-0.25, -0.2) is 8.42 Å². The summed E-state index contributed by atoms with van der Waals surface area (Å²) in [6.45, 7) is 5.78. The summed E-state index contributed by atoms with van der Waals surface area (Å²) in [7, 11) is -3.67. The number of carbonyl (C=O) groups is 2. The van der Waals surface area contributed by atoms with Gasteiger partial charge >= 0.3 is 5.97 Å². The molecule has 2 aromatic carbocycles. The summed E-state index contributed by atoms with van der Waals surface area (Å²) in [4.78, 5) is 35.5. The standard InChI is InChI=1S/C24H28ClN3O7S/c1-15(2)17-4-7-20(8-5-17)36(33,34)27-12-10-18(11-13-27)24(30)35-16(3)23(29)26-22-9-6-19(28(31)32)14-21(22)25/h4-9,14-16,18H,10-13H2,1-3H3,(H,26,29). The molecular formula is C24H28ClN3O7S. The Hall–Kier alpha value is -3.02. The maximum atomic E-state index is 13.0. The Morgan fingerprint density at radius 2 is 1.72 bits per heavy atom. The molecule has 1 amide bonds. The Morgan fingerprint density at radius 3 is 2.25 bits per heavy atom. The number of nitrogens with one attached hydrogen (secondary N) is 1. The highest BCUT2D eigenvalue weighted by Gasteiger charge is 2.34. The number of nitro groups is 1. The fourth-order valence-corrected chi connectivity index (χ4v) is 5.47. The maximum absolute atomic E-state index is 13.0. The number of halogens is 1. The Kier molecular flexibility index (Phi) is 8.70. The first-order chi connectivity index (χ1) is 16.9. The number of esters is 1. The van der Waals surface area contributed by atoms with Crippen LogP contribution in [0.3, 0.4) is 0 Å². The first-order valence-electron chi connectivity index (χ1n) is 11.5. The van der Waals surface area contributed by atoms with E-state index in [9.17, 15) is 28.1 Å². The van der Waals surface area contributed by atoms with Gasteiger partial charge in [-0.2, -0.15) is 4.31 Å². The van der Waals surface area contributed by atoms with Gasteiger partial charge in [0.15, 0.2) is 6.10 Å². The molecule has 0 spiro atoms. The quantitative estimate of drug-likeness (QED) is 0.300. The fourth-order valence-electron chi connectivity index (χ4n) is 3.78. The molecule has 10 nitrogen and oxygen atoms in total. The van der Waals surface area contributed by atoms with Crippen molar-refractivity contribution in [2.45, 2.75) is 50.5 Å². The molecule has 0 radical (unpaired) electrons. The molecule has 0 saturated carbocycles. The van der Waals surface area contributed by atoms with Crippen LogP contribution in [-0.2, 0) is 24.3 Å². The van der Waals surface area contributed by atoms with Gasteiger partial charge in [-0.15, -0.1) is 0 Å². The van der Waals surface area contributed by atoms with Crippen molar-refractivity contribution in [2.75, 3.05) is 18.4 Å². The number of sulfonamides is 1. The Balaban J connectivity index is 1.54. The van der Waals surface area contributed by atoms with Crippen molar-refractivity contribution in [1.82, 2.24) is 4.31 Å². The van der Waals surface area contributed by atoms with Crippen LogP contribution in [-0.4, -0.2) is 48.7 Å². The molecule has 194 valence electrons. The van der Waals surface area contributed by atoms with Crippen LogP contribution in [0.1, 0.15) is 45.1 Å². The minimum atomic E-state index is -3.67. The van der Waals surface area contributed by atoms with E-state index in [1.807, 2.05) is 13.8 Å². The molecule has 1 aliphatic heterocycles. The Morgan fingerprint density at radius 1 is 1.11 bits per heavy atom. The highest BCUT2D eigenvalue weighted by atomic mass is 35.5. The number of anilines is 1. The van der Waals surface area contributed by atoms with E-state index in [1.54, 1.807) is 24.3 Å². The first kappa shape index (κ1) is 27.6. The molecule has 1 N–H and O–H groups in total. The second-order valence-electron chi connectivity index (χ2n) is 8.89. The van der Waals surface area contributed by atoms with Crippen molar-refractivity contribution in [2.24, 2.45) is 5.92 Å². The van der Waals surface area contributed by atoms with Crippen molar-refractivity contribution in [3.05, 3.63) is 63.2 Å². The third-order valence-electron chi connectivity index (χ3n) is 6.06. The second-order valence-corrected chi connectivity index (χ2v) is 11.2. The molecule has 12 heteroatoms. The number of nitro benzene ring substituents is 1. The van der Waals surface area contributed by atoms with Crippen molar-refractivity contribution in [1.29, 1.82) is 0 Å². The highest BCUT2D eigenvalue weighted by Crippen LogP contribution is 2.28. The average molecular weight is 538 g/mol. The number of hydrogen-bond donors (Lipinski definition) is 1. The SMILES string of the molecule is CC(OC(=O)C1CCN(S(=O)(=O)c2ccc(C(C)C)cc2)CC1)C(=O)Nc1ccc([N+](=O)[O-])cc1Cl. The fraction of sp³-hybridized carbons (Fsp3) is 0.417. The Bertz CT molecular complexity index is 1240. The molecular weight excluding hydrogens is 510 g/mol. The minimum absolute atomic E-state index is 0.0245. The first-order valence-corrected chi connectivity index (χ1v) is 13.3. The number of nitrogens with zero attached hydrogens (tertiary/aromatic N) is 2. The van der Waals surface area contributed by atoms with Gasteiger partial charge in [0.1, 0.15) is 0 Å². The topological polar surface area (TPSA) is 136 Å². The van der Waals surface area contributed by atoms with Crippen LogP contribution in [0.4, 0.5) is 11.4 Å². The third-order valence-corrected chi connectivity index (χ3v) is 8.28. The molecule has 0 aromatic heterocycles. The molecule has 1 saturated heterocycles. The lowest BCUT2D eigenvalue weighted by Gasteiger charge is -2.30. The Labute approximate surface area is 214 Å². The lowest BCUT2D eigenvalue weighted by atomic mass is 9.98. The van der Waals surface area contributed by atoms with Gasteiger partial charge in [0.05, 0.1) is 26.4 Å². The highest BCUT2D eigenvalue weighted by molar-refractivity contribution is 7.89. The molecule has 36 heavy (non-hydrogen) atoms. The van der Waals surface area contributed by atoms with Gasteiger partial charge in [-0.05, 0) is 49.4 Å². The number of ether oxygens (including phenoxy) is 1. The van der Waals surface area contributed by atoms with Crippen LogP contribution < -0.4 is 5.32 Å². The summed E-state index contributed by atoms with van der Waals surface area (Å²) < 4.78 is 32.6. The predicted octanol–water partition coefficient (Wildman–Crippen LogP) is 4.34. The molecule has 1 heterocycles. The number of amides is 1. The van der Waals surface area contributed by atoms with E-state index >= 15 is 0 Å². The van der Waals surface area contributed by atoms with Gasteiger partial charge in [0.2, 0.25) is 10.0 Å². The molecule has 1 aliphatic rings. The summed E-state index contributed by atoms with van der Waals surface area (Å²) in [5, 5.41) is 13.3. The van der Waals surface area contributed by atoms with Crippen LogP contribution in [0.25, 0.3) is 0 Å². The normalized spacial score (nSPS) is 15.9. The zero-order valence-corrected chi connectivity index (χ0v) is 21.7. The number of piperidine rings is 1. The summed E-state index contributed by atoms with van der Waals surface area (Å²) >= 11 is 5.99. The summed E-state index contributed by atoms with van der Waals surface area (Å²) in [6, 6.07) is 10.4. The lowest BCUT2D eigenvalue weighted by Crippen LogP contribution is -2.41. The molecule has 0 aliphatic carbocycles. The number of non-ortho nitro benzene ring substituents is 1. The summed E-state index contributed by atoms with van der Waals surface area (Å²) in [5.74, 6) is -1.49. The van der Waals surface area contributed by atoms with Gasteiger partial charge < -0.3 is 10.1 Å². The average Bonchev–Trinajstić information content (AvgIpc) is 2.85. The molecule has 1 fully saturated rings. The summed E-state index contributed by atoms with van der Waals surface area (Å²) in [5.41, 5.74) is 0.970. The molecule has 3 rings (SSSR count). The van der Waals surface area contributed by atoms with Gasteiger partial charge in [0, 0.05) is 25.2 Å². The predicted molar refractivity (Wildman–Crippen MR) is 134 cm³/mol. The van der Waals surface area contributed by atoms with Crippen molar-refractivity contribution >= 4 is 44.9 Å². The molecule has 1 atom stereocenters. The van der Waals surface area contributed by atoms with Crippen LogP contribution >= 0.6 is 11.6 Å². The van der Waals surface area contributed by atoms with E-state index in [4.69, 9.17) is 16.3 Å². The zero-order valence-electron chi connectivity index (χ0n) is 20.1.